The number of methoxy groups -OCH3 is 1. The Balaban J connectivity index is 1.84. The highest BCUT2D eigenvalue weighted by Crippen LogP contribution is 2.35. The highest BCUT2D eigenvalue weighted by molar-refractivity contribution is 7.13. The Kier molecular flexibility index (Phi) is 3.56. The van der Waals surface area contributed by atoms with Crippen LogP contribution in [0.4, 0.5) is 0 Å². The summed E-state index contributed by atoms with van der Waals surface area (Å²) < 4.78 is 15.7. The lowest BCUT2D eigenvalue weighted by molar-refractivity contribution is -0.139. The second-order valence-corrected chi connectivity index (χ2v) is 5.11. The van der Waals surface area contributed by atoms with Gasteiger partial charge in [0.15, 0.2) is 11.5 Å². The van der Waals surface area contributed by atoms with E-state index in [4.69, 9.17) is 9.47 Å². The minimum Gasteiger partial charge on any atom is -0.486 e. The fourth-order valence-electron chi connectivity index (χ4n) is 1.92. The maximum atomic E-state index is 11.2. The van der Waals surface area contributed by atoms with Crippen LogP contribution in [0.25, 0.3) is 10.6 Å². The van der Waals surface area contributed by atoms with Crippen LogP contribution in [0.5, 0.6) is 11.5 Å². The van der Waals surface area contributed by atoms with Crippen molar-refractivity contribution < 1.29 is 19.0 Å². The SMILES string of the molecule is COC(=O)Cc1csc(-c2ccc3c(c2)OCCO3)n1. The zero-order chi connectivity index (χ0) is 13.9. The zero-order valence-corrected chi connectivity index (χ0v) is 11.7. The number of hydrogen-bond acceptors (Lipinski definition) is 6. The van der Waals surface area contributed by atoms with Gasteiger partial charge in [0.1, 0.15) is 18.2 Å². The van der Waals surface area contributed by atoms with Gasteiger partial charge < -0.3 is 14.2 Å². The third-order valence-electron chi connectivity index (χ3n) is 2.89. The van der Waals surface area contributed by atoms with E-state index in [2.05, 4.69) is 9.72 Å². The van der Waals surface area contributed by atoms with Crippen molar-refractivity contribution in [1.29, 1.82) is 0 Å². The van der Waals surface area contributed by atoms with E-state index in [0.29, 0.717) is 18.9 Å². The van der Waals surface area contributed by atoms with Gasteiger partial charge in [0.25, 0.3) is 0 Å². The van der Waals surface area contributed by atoms with Gasteiger partial charge in [-0.15, -0.1) is 11.3 Å². The molecule has 0 unspecified atom stereocenters. The molecule has 104 valence electrons. The van der Waals surface area contributed by atoms with Crippen molar-refractivity contribution in [2.45, 2.75) is 6.42 Å². The Morgan fingerprint density at radius 1 is 1.35 bits per heavy atom. The molecule has 0 radical (unpaired) electrons. The summed E-state index contributed by atoms with van der Waals surface area (Å²) in [5.74, 6) is 1.20. The number of carbonyl (C=O) groups excluding carboxylic acids is 1. The molecule has 2 aromatic rings. The fourth-order valence-corrected chi connectivity index (χ4v) is 2.73. The lowest BCUT2D eigenvalue weighted by Gasteiger charge is -2.18. The summed E-state index contributed by atoms with van der Waals surface area (Å²) in [6.07, 6.45) is 0.192. The van der Waals surface area contributed by atoms with E-state index in [1.165, 1.54) is 18.4 Å². The number of rotatable bonds is 3. The first-order valence-electron chi connectivity index (χ1n) is 6.17. The van der Waals surface area contributed by atoms with Crippen LogP contribution in [0.3, 0.4) is 0 Å². The van der Waals surface area contributed by atoms with Gasteiger partial charge in [0.2, 0.25) is 0 Å². The van der Waals surface area contributed by atoms with E-state index in [9.17, 15) is 4.79 Å². The summed E-state index contributed by atoms with van der Waals surface area (Å²) in [5.41, 5.74) is 1.67. The molecule has 1 aliphatic heterocycles. The van der Waals surface area contributed by atoms with Crippen LogP contribution < -0.4 is 9.47 Å². The number of nitrogens with zero attached hydrogens (tertiary/aromatic N) is 1. The van der Waals surface area contributed by atoms with Crippen LogP contribution in [-0.4, -0.2) is 31.3 Å². The molecule has 6 heteroatoms. The van der Waals surface area contributed by atoms with E-state index in [0.717, 1.165) is 22.1 Å². The standard InChI is InChI=1S/C14H13NO4S/c1-17-13(16)7-10-8-20-14(15-10)9-2-3-11-12(6-9)19-5-4-18-11/h2-3,6,8H,4-5,7H2,1H3. The minimum atomic E-state index is -0.288. The molecule has 0 atom stereocenters. The largest absolute Gasteiger partial charge is 0.486 e. The number of thiazole rings is 1. The van der Waals surface area contributed by atoms with E-state index in [-0.39, 0.29) is 12.4 Å². The molecule has 0 fully saturated rings. The van der Waals surface area contributed by atoms with E-state index in [1.54, 1.807) is 0 Å². The molecule has 0 aliphatic carbocycles. The monoisotopic (exact) mass is 291 g/mol. The number of fused-ring (bicyclic) bond motifs is 1. The van der Waals surface area contributed by atoms with Gasteiger partial charge in [0, 0.05) is 10.9 Å². The van der Waals surface area contributed by atoms with Crippen LogP contribution in [-0.2, 0) is 16.0 Å². The first-order valence-corrected chi connectivity index (χ1v) is 7.05. The van der Waals surface area contributed by atoms with Crippen molar-refractivity contribution in [3.8, 4) is 22.1 Å². The lowest BCUT2D eigenvalue weighted by atomic mass is 10.2. The fraction of sp³-hybridized carbons (Fsp3) is 0.286. The molecule has 0 amide bonds. The predicted molar refractivity (Wildman–Crippen MR) is 74.3 cm³/mol. The predicted octanol–water partition coefficient (Wildman–Crippen LogP) is 2.30. The molecule has 0 N–H and O–H groups in total. The number of esters is 1. The highest BCUT2D eigenvalue weighted by Gasteiger charge is 2.14. The number of aromatic nitrogens is 1. The van der Waals surface area contributed by atoms with Crippen molar-refractivity contribution in [3.63, 3.8) is 0 Å². The quantitative estimate of drug-likeness (QED) is 0.812. The number of carbonyl (C=O) groups is 1. The summed E-state index contributed by atoms with van der Waals surface area (Å²) in [5, 5.41) is 2.71. The van der Waals surface area contributed by atoms with Gasteiger partial charge in [-0.1, -0.05) is 0 Å². The molecule has 20 heavy (non-hydrogen) atoms. The molecule has 0 saturated carbocycles. The van der Waals surface area contributed by atoms with Crippen LogP contribution in [0, 0.1) is 0 Å². The number of benzene rings is 1. The van der Waals surface area contributed by atoms with E-state index < -0.39 is 0 Å². The molecule has 1 aliphatic rings. The van der Waals surface area contributed by atoms with Gasteiger partial charge >= 0.3 is 5.97 Å². The molecular weight excluding hydrogens is 278 g/mol. The minimum absolute atomic E-state index is 0.192. The summed E-state index contributed by atoms with van der Waals surface area (Å²) in [6, 6.07) is 5.73. The molecule has 2 heterocycles. The van der Waals surface area contributed by atoms with Crippen molar-refractivity contribution in [3.05, 3.63) is 29.3 Å². The van der Waals surface area contributed by atoms with Crippen LogP contribution >= 0.6 is 11.3 Å². The summed E-state index contributed by atoms with van der Waals surface area (Å²) >= 11 is 1.49. The van der Waals surface area contributed by atoms with E-state index in [1.807, 2.05) is 23.6 Å². The summed E-state index contributed by atoms with van der Waals surface area (Å²) in [7, 11) is 1.37. The smallest absolute Gasteiger partial charge is 0.311 e. The Morgan fingerprint density at radius 2 is 2.15 bits per heavy atom. The Bertz CT molecular complexity index is 638. The molecule has 5 nitrogen and oxygen atoms in total. The molecule has 1 aromatic heterocycles. The molecule has 0 spiro atoms. The van der Waals surface area contributed by atoms with E-state index >= 15 is 0 Å². The molecule has 1 aromatic carbocycles. The second-order valence-electron chi connectivity index (χ2n) is 4.26. The average molecular weight is 291 g/mol. The topological polar surface area (TPSA) is 57.7 Å². The van der Waals surface area contributed by atoms with Gasteiger partial charge in [-0.25, -0.2) is 4.98 Å². The van der Waals surface area contributed by atoms with Gasteiger partial charge in [-0.2, -0.15) is 0 Å². The van der Waals surface area contributed by atoms with Crippen LogP contribution in [0.15, 0.2) is 23.6 Å². The zero-order valence-electron chi connectivity index (χ0n) is 10.9. The van der Waals surface area contributed by atoms with Gasteiger partial charge in [-0.3, -0.25) is 4.79 Å². The third kappa shape index (κ3) is 2.60. The van der Waals surface area contributed by atoms with Gasteiger partial charge in [0.05, 0.1) is 19.2 Å². The van der Waals surface area contributed by atoms with Crippen molar-refractivity contribution in [2.75, 3.05) is 20.3 Å². The highest BCUT2D eigenvalue weighted by atomic mass is 32.1. The number of hydrogen-bond donors (Lipinski definition) is 0. The maximum Gasteiger partial charge on any atom is 0.311 e. The average Bonchev–Trinajstić information content (AvgIpc) is 2.95. The van der Waals surface area contributed by atoms with Crippen LogP contribution in [0.1, 0.15) is 5.69 Å². The Labute approximate surface area is 120 Å². The Hall–Kier alpha value is -2.08. The second kappa shape index (κ2) is 5.50. The van der Waals surface area contributed by atoms with Crippen LogP contribution in [0.2, 0.25) is 0 Å². The summed E-state index contributed by atoms with van der Waals surface area (Å²) in [6.45, 7) is 1.13. The molecule has 0 saturated heterocycles. The van der Waals surface area contributed by atoms with Crippen molar-refractivity contribution >= 4 is 17.3 Å². The molecule has 0 bridgehead atoms. The van der Waals surface area contributed by atoms with Crippen molar-refractivity contribution in [1.82, 2.24) is 4.98 Å². The molecule has 3 rings (SSSR count). The normalized spacial score (nSPS) is 13.1. The molecular formula is C14H13NO4S. The van der Waals surface area contributed by atoms with Crippen molar-refractivity contribution in [2.24, 2.45) is 0 Å². The Morgan fingerprint density at radius 3 is 2.95 bits per heavy atom. The van der Waals surface area contributed by atoms with Gasteiger partial charge in [-0.05, 0) is 18.2 Å². The first kappa shape index (κ1) is 12.9. The third-order valence-corrected chi connectivity index (χ3v) is 3.83. The first-order chi connectivity index (χ1) is 9.76. The lowest BCUT2D eigenvalue weighted by Crippen LogP contribution is -2.15. The summed E-state index contributed by atoms with van der Waals surface area (Å²) in [4.78, 5) is 15.7. The number of ether oxygens (including phenoxy) is 3. The maximum absolute atomic E-state index is 11.2.